The van der Waals surface area contributed by atoms with E-state index in [1.807, 2.05) is 6.20 Å². The van der Waals surface area contributed by atoms with E-state index in [4.69, 9.17) is 10.5 Å². The number of hydrogen-bond acceptors (Lipinski definition) is 5. The molecule has 0 radical (unpaired) electrons. The topological polar surface area (TPSA) is 51.4 Å². The molecular weight excluding hydrogens is 198 g/mol. The minimum atomic E-state index is 0.477. The van der Waals surface area contributed by atoms with Crippen molar-refractivity contribution in [2.24, 2.45) is 0 Å². The molecular formula is C9H13N3OS. The van der Waals surface area contributed by atoms with Crippen molar-refractivity contribution in [3.63, 3.8) is 0 Å². The van der Waals surface area contributed by atoms with E-state index in [1.54, 1.807) is 11.3 Å². The molecule has 2 unspecified atom stereocenters. The summed E-state index contributed by atoms with van der Waals surface area (Å²) in [5.74, 6) is 0. The number of rotatable bonds is 2. The summed E-state index contributed by atoms with van der Waals surface area (Å²) in [5.41, 5.74) is 5.59. The summed E-state index contributed by atoms with van der Waals surface area (Å²) in [7, 11) is 0. The van der Waals surface area contributed by atoms with Crippen molar-refractivity contribution in [3.8, 4) is 0 Å². The molecule has 2 atom stereocenters. The molecule has 4 nitrogen and oxygen atoms in total. The number of nitrogens with two attached hydrogens (primary N) is 1. The molecule has 2 fully saturated rings. The van der Waals surface area contributed by atoms with Gasteiger partial charge in [0.25, 0.3) is 0 Å². The van der Waals surface area contributed by atoms with Crippen LogP contribution in [0.4, 0.5) is 5.13 Å². The molecule has 2 saturated heterocycles. The van der Waals surface area contributed by atoms with Crippen LogP contribution in [0.2, 0.25) is 0 Å². The molecule has 0 saturated carbocycles. The molecule has 0 aliphatic carbocycles. The van der Waals surface area contributed by atoms with Crippen LogP contribution >= 0.6 is 11.3 Å². The Morgan fingerprint density at radius 3 is 3.21 bits per heavy atom. The maximum absolute atomic E-state index is 5.59. The van der Waals surface area contributed by atoms with Crippen LogP contribution in [-0.2, 0) is 11.3 Å². The fraction of sp³-hybridized carbons (Fsp3) is 0.667. The molecule has 5 heteroatoms. The van der Waals surface area contributed by atoms with Gasteiger partial charge in [-0.15, -0.1) is 11.3 Å². The van der Waals surface area contributed by atoms with E-state index >= 15 is 0 Å². The van der Waals surface area contributed by atoms with Gasteiger partial charge < -0.3 is 10.5 Å². The van der Waals surface area contributed by atoms with E-state index in [-0.39, 0.29) is 0 Å². The third kappa shape index (κ3) is 1.41. The van der Waals surface area contributed by atoms with E-state index in [0.29, 0.717) is 17.3 Å². The molecule has 76 valence electrons. The zero-order valence-electron chi connectivity index (χ0n) is 7.85. The van der Waals surface area contributed by atoms with Gasteiger partial charge in [0.1, 0.15) is 0 Å². The van der Waals surface area contributed by atoms with Crippen molar-refractivity contribution in [1.82, 2.24) is 9.88 Å². The van der Waals surface area contributed by atoms with E-state index in [9.17, 15) is 0 Å². The maximum atomic E-state index is 5.59. The lowest BCUT2D eigenvalue weighted by Gasteiger charge is -2.25. The summed E-state index contributed by atoms with van der Waals surface area (Å²) in [6, 6.07) is 0.628. The van der Waals surface area contributed by atoms with Crippen molar-refractivity contribution in [1.29, 1.82) is 0 Å². The highest BCUT2D eigenvalue weighted by Gasteiger charge is 2.38. The normalized spacial score (nSPS) is 31.4. The number of nitrogens with zero attached hydrogens (tertiary/aromatic N) is 2. The highest BCUT2D eigenvalue weighted by atomic mass is 32.1. The first-order valence-electron chi connectivity index (χ1n) is 4.87. The second-order valence-electron chi connectivity index (χ2n) is 3.94. The van der Waals surface area contributed by atoms with Gasteiger partial charge in [0, 0.05) is 30.2 Å². The summed E-state index contributed by atoms with van der Waals surface area (Å²) >= 11 is 1.59. The van der Waals surface area contributed by atoms with Gasteiger partial charge in [0.2, 0.25) is 0 Å². The Balaban J connectivity index is 1.68. The summed E-state index contributed by atoms with van der Waals surface area (Å²) in [6.07, 6.45) is 3.56. The van der Waals surface area contributed by atoms with Gasteiger partial charge in [-0.1, -0.05) is 0 Å². The van der Waals surface area contributed by atoms with Gasteiger partial charge in [-0.05, 0) is 6.42 Å². The average molecular weight is 211 g/mol. The van der Waals surface area contributed by atoms with E-state index in [1.165, 1.54) is 11.3 Å². The number of anilines is 1. The Kier molecular flexibility index (Phi) is 1.97. The SMILES string of the molecule is Nc1ncc(CN2CC3CC2CO3)s1. The van der Waals surface area contributed by atoms with Gasteiger partial charge in [0.15, 0.2) is 5.13 Å². The summed E-state index contributed by atoms with van der Waals surface area (Å²) in [6.45, 7) is 2.96. The first kappa shape index (κ1) is 8.64. The highest BCUT2D eigenvalue weighted by Crippen LogP contribution is 2.30. The monoisotopic (exact) mass is 211 g/mol. The second-order valence-corrected chi connectivity index (χ2v) is 5.09. The third-order valence-corrected chi connectivity index (χ3v) is 3.76. The molecule has 0 aromatic carbocycles. The lowest BCUT2D eigenvalue weighted by Crippen LogP contribution is -2.36. The number of fused-ring (bicyclic) bond motifs is 2. The van der Waals surface area contributed by atoms with Crippen LogP contribution in [0.25, 0.3) is 0 Å². The maximum Gasteiger partial charge on any atom is 0.180 e. The Morgan fingerprint density at radius 1 is 1.71 bits per heavy atom. The number of hydrogen-bond donors (Lipinski definition) is 1. The van der Waals surface area contributed by atoms with Crippen LogP contribution in [0.3, 0.4) is 0 Å². The van der Waals surface area contributed by atoms with Crippen molar-refractivity contribution in [2.45, 2.75) is 25.1 Å². The smallest absolute Gasteiger partial charge is 0.180 e. The largest absolute Gasteiger partial charge is 0.375 e. The molecule has 14 heavy (non-hydrogen) atoms. The van der Waals surface area contributed by atoms with Crippen LogP contribution in [0.15, 0.2) is 6.20 Å². The molecule has 2 bridgehead atoms. The molecule has 0 spiro atoms. The van der Waals surface area contributed by atoms with Crippen LogP contribution in [0, 0.1) is 0 Å². The van der Waals surface area contributed by atoms with Gasteiger partial charge >= 0.3 is 0 Å². The van der Waals surface area contributed by atoms with Gasteiger partial charge in [-0.2, -0.15) is 0 Å². The molecule has 1 aromatic heterocycles. The lowest BCUT2D eigenvalue weighted by molar-refractivity contribution is 0.0277. The van der Waals surface area contributed by atoms with Gasteiger partial charge in [-0.3, -0.25) is 4.90 Å². The summed E-state index contributed by atoms with van der Waals surface area (Å²) < 4.78 is 5.55. The van der Waals surface area contributed by atoms with E-state index in [0.717, 1.165) is 19.7 Å². The summed E-state index contributed by atoms with van der Waals surface area (Å²) in [5, 5.41) is 0.667. The molecule has 1 aromatic rings. The molecule has 0 amide bonds. The Morgan fingerprint density at radius 2 is 2.64 bits per heavy atom. The number of morpholine rings is 1. The predicted molar refractivity (Wildman–Crippen MR) is 55.1 cm³/mol. The van der Waals surface area contributed by atoms with Crippen LogP contribution in [0.1, 0.15) is 11.3 Å². The zero-order chi connectivity index (χ0) is 9.54. The second kappa shape index (κ2) is 3.18. The Labute approximate surface area is 86.7 Å². The van der Waals surface area contributed by atoms with Crippen LogP contribution < -0.4 is 5.73 Å². The first-order chi connectivity index (χ1) is 6.81. The fourth-order valence-corrected chi connectivity index (χ4v) is 2.98. The minimum Gasteiger partial charge on any atom is -0.375 e. The number of likely N-dealkylation sites (tertiary alicyclic amines) is 1. The van der Waals surface area contributed by atoms with Gasteiger partial charge in [-0.25, -0.2) is 4.98 Å². The number of nitrogen functional groups attached to an aromatic ring is 1. The molecule has 2 N–H and O–H groups in total. The van der Waals surface area contributed by atoms with Gasteiger partial charge in [0.05, 0.1) is 12.7 Å². The van der Waals surface area contributed by atoms with Crippen molar-refractivity contribution in [3.05, 3.63) is 11.1 Å². The Bertz CT molecular complexity index is 341. The number of thiazole rings is 1. The third-order valence-electron chi connectivity index (χ3n) is 2.94. The minimum absolute atomic E-state index is 0.477. The number of ether oxygens (including phenoxy) is 1. The molecule has 3 heterocycles. The van der Waals surface area contributed by atoms with Crippen LogP contribution in [-0.4, -0.2) is 35.2 Å². The standard InChI is InChI=1S/C9H13N3OS/c10-9-11-2-8(14-9)4-12-3-7-1-6(12)5-13-7/h2,6-7H,1,3-5H2,(H2,10,11). The fourth-order valence-electron chi connectivity index (χ4n) is 2.27. The highest BCUT2D eigenvalue weighted by molar-refractivity contribution is 7.15. The van der Waals surface area contributed by atoms with E-state index in [2.05, 4.69) is 9.88 Å². The van der Waals surface area contributed by atoms with Crippen molar-refractivity contribution in [2.75, 3.05) is 18.9 Å². The quantitative estimate of drug-likeness (QED) is 0.782. The van der Waals surface area contributed by atoms with E-state index < -0.39 is 0 Å². The molecule has 2 aliphatic rings. The first-order valence-corrected chi connectivity index (χ1v) is 5.69. The average Bonchev–Trinajstić information content (AvgIpc) is 2.82. The zero-order valence-corrected chi connectivity index (χ0v) is 8.67. The molecule has 2 aliphatic heterocycles. The Hall–Kier alpha value is -0.650. The summed E-state index contributed by atoms with van der Waals surface area (Å²) in [4.78, 5) is 7.79. The lowest BCUT2D eigenvalue weighted by atomic mass is 10.2. The van der Waals surface area contributed by atoms with Crippen molar-refractivity contribution >= 4 is 16.5 Å². The predicted octanol–water partition coefficient (Wildman–Crippen LogP) is 0.698. The van der Waals surface area contributed by atoms with Crippen LogP contribution in [0.5, 0.6) is 0 Å². The van der Waals surface area contributed by atoms with Crippen molar-refractivity contribution < 1.29 is 4.74 Å². The molecule has 3 rings (SSSR count). The number of aromatic nitrogens is 1.